The number of hydrogen-bond acceptors (Lipinski definition) is 4. The summed E-state index contributed by atoms with van der Waals surface area (Å²) in [5.74, 6) is 0.213. The standard InChI is InChI=1S/C13H26N4O/c1-16-6-3-11(4-7-16)15-13(18)9-12-10-14-5-8-17(12)2/h11-12,14H,3-10H2,1-2H3,(H,15,18). The van der Waals surface area contributed by atoms with E-state index in [0.29, 0.717) is 18.5 Å². The molecule has 5 heteroatoms. The van der Waals surface area contributed by atoms with Crippen LogP contribution in [0, 0.1) is 0 Å². The lowest BCUT2D eigenvalue weighted by Crippen LogP contribution is -2.52. The molecular weight excluding hydrogens is 228 g/mol. The lowest BCUT2D eigenvalue weighted by Gasteiger charge is -2.34. The molecule has 2 aliphatic rings. The van der Waals surface area contributed by atoms with Crippen LogP contribution in [0.5, 0.6) is 0 Å². The van der Waals surface area contributed by atoms with Gasteiger partial charge in [0.2, 0.25) is 5.91 Å². The van der Waals surface area contributed by atoms with Gasteiger partial charge in [0, 0.05) is 38.1 Å². The van der Waals surface area contributed by atoms with Gasteiger partial charge >= 0.3 is 0 Å². The van der Waals surface area contributed by atoms with Gasteiger partial charge in [-0.15, -0.1) is 0 Å². The number of nitrogens with zero attached hydrogens (tertiary/aromatic N) is 2. The van der Waals surface area contributed by atoms with Crippen LogP contribution in [0.1, 0.15) is 19.3 Å². The third-order valence-electron chi connectivity index (χ3n) is 4.15. The summed E-state index contributed by atoms with van der Waals surface area (Å²) in [6.45, 7) is 5.18. The average Bonchev–Trinajstić information content (AvgIpc) is 2.35. The number of rotatable bonds is 3. The van der Waals surface area contributed by atoms with Crippen molar-refractivity contribution in [2.24, 2.45) is 0 Å². The molecule has 0 aliphatic carbocycles. The molecule has 0 bridgehead atoms. The van der Waals surface area contributed by atoms with Crippen molar-refractivity contribution in [1.29, 1.82) is 0 Å². The molecule has 1 unspecified atom stereocenters. The van der Waals surface area contributed by atoms with Gasteiger partial charge in [-0.3, -0.25) is 4.79 Å². The summed E-state index contributed by atoms with van der Waals surface area (Å²) in [6, 6.07) is 0.737. The zero-order chi connectivity index (χ0) is 13.0. The zero-order valence-electron chi connectivity index (χ0n) is 11.6. The molecule has 0 saturated carbocycles. The van der Waals surface area contributed by atoms with Crippen molar-refractivity contribution in [2.75, 3.05) is 46.8 Å². The van der Waals surface area contributed by atoms with E-state index in [0.717, 1.165) is 45.6 Å². The van der Waals surface area contributed by atoms with Crippen LogP contribution in [0.15, 0.2) is 0 Å². The smallest absolute Gasteiger partial charge is 0.221 e. The Kier molecular flexibility index (Phi) is 4.97. The molecule has 2 aliphatic heterocycles. The molecule has 2 heterocycles. The van der Waals surface area contributed by atoms with E-state index >= 15 is 0 Å². The van der Waals surface area contributed by atoms with E-state index in [4.69, 9.17) is 0 Å². The number of amides is 1. The Morgan fingerprint density at radius 2 is 2.00 bits per heavy atom. The fourth-order valence-electron chi connectivity index (χ4n) is 2.74. The zero-order valence-corrected chi connectivity index (χ0v) is 11.6. The number of carbonyl (C=O) groups excluding carboxylic acids is 1. The van der Waals surface area contributed by atoms with Crippen molar-refractivity contribution < 1.29 is 4.79 Å². The van der Waals surface area contributed by atoms with Crippen molar-refractivity contribution in [3.8, 4) is 0 Å². The van der Waals surface area contributed by atoms with Crippen molar-refractivity contribution in [2.45, 2.75) is 31.3 Å². The highest BCUT2D eigenvalue weighted by Gasteiger charge is 2.23. The van der Waals surface area contributed by atoms with Crippen LogP contribution in [0.2, 0.25) is 0 Å². The molecule has 2 rings (SSSR count). The summed E-state index contributed by atoms with van der Waals surface area (Å²) in [5, 5.41) is 6.54. The number of piperidine rings is 1. The van der Waals surface area contributed by atoms with Gasteiger partial charge in [-0.25, -0.2) is 0 Å². The Morgan fingerprint density at radius 1 is 1.28 bits per heavy atom. The molecule has 0 aromatic heterocycles. The fourth-order valence-corrected chi connectivity index (χ4v) is 2.74. The minimum absolute atomic E-state index is 0.213. The van der Waals surface area contributed by atoms with Crippen LogP contribution in [0.3, 0.4) is 0 Å². The largest absolute Gasteiger partial charge is 0.353 e. The lowest BCUT2D eigenvalue weighted by atomic mass is 10.0. The number of carbonyl (C=O) groups is 1. The SMILES string of the molecule is CN1CCC(NC(=O)CC2CNCCN2C)CC1. The summed E-state index contributed by atoms with van der Waals surface area (Å²) in [6.07, 6.45) is 2.79. The second-order valence-electron chi connectivity index (χ2n) is 5.69. The van der Waals surface area contributed by atoms with Crippen LogP contribution in [-0.4, -0.2) is 74.6 Å². The van der Waals surface area contributed by atoms with E-state index < -0.39 is 0 Å². The van der Waals surface area contributed by atoms with E-state index in [1.54, 1.807) is 0 Å². The average molecular weight is 254 g/mol. The Labute approximate surface area is 110 Å². The van der Waals surface area contributed by atoms with Gasteiger partial charge in [0.15, 0.2) is 0 Å². The predicted molar refractivity (Wildman–Crippen MR) is 72.6 cm³/mol. The topological polar surface area (TPSA) is 47.6 Å². The van der Waals surface area contributed by atoms with Crippen molar-refractivity contribution in [3.63, 3.8) is 0 Å². The van der Waals surface area contributed by atoms with Gasteiger partial charge in [-0.2, -0.15) is 0 Å². The first-order chi connectivity index (χ1) is 8.65. The molecule has 1 amide bonds. The Balaban J connectivity index is 1.71. The molecule has 104 valence electrons. The van der Waals surface area contributed by atoms with Crippen LogP contribution < -0.4 is 10.6 Å². The minimum Gasteiger partial charge on any atom is -0.353 e. The third-order valence-corrected chi connectivity index (χ3v) is 4.15. The fraction of sp³-hybridized carbons (Fsp3) is 0.923. The summed E-state index contributed by atoms with van der Waals surface area (Å²) in [7, 11) is 4.25. The highest BCUT2D eigenvalue weighted by Crippen LogP contribution is 2.10. The molecule has 0 radical (unpaired) electrons. The number of nitrogens with one attached hydrogen (secondary N) is 2. The molecule has 2 saturated heterocycles. The monoisotopic (exact) mass is 254 g/mol. The number of likely N-dealkylation sites (N-methyl/N-ethyl adjacent to an activating group) is 1. The highest BCUT2D eigenvalue weighted by atomic mass is 16.1. The number of piperazine rings is 1. The Hall–Kier alpha value is -0.650. The van der Waals surface area contributed by atoms with Crippen LogP contribution >= 0.6 is 0 Å². The van der Waals surface area contributed by atoms with Gasteiger partial charge in [-0.05, 0) is 40.0 Å². The Bertz CT molecular complexity index is 276. The summed E-state index contributed by atoms with van der Waals surface area (Å²) in [5.41, 5.74) is 0. The first kappa shape index (κ1) is 13.8. The maximum absolute atomic E-state index is 12.0. The van der Waals surface area contributed by atoms with E-state index in [-0.39, 0.29) is 5.91 Å². The van der Waals surface area contributed by atoms with Crippen molar-refractivity contribution in [3.05, 3.63) is 0 Å². The first-order valence-electron chi connectivity index (χ1n) is 7.04. The predicted octanol–water partition coefficient (Wildman–Crippen LogP) is -0.509. The van der Waals surface area contributed by atoms with E-state index in [1.165, 1.54) is 0 Å². The Morgan fingerprint density at radius 3 is 2.67 bits per heavy atom. The molecular formula is C13H26N4O. The third kappa shape index (κ3) is 3.93. The maximum Gasteiger partial charge on any atom is 0.221 e. The van der Waals surface area contributed by atoms with Crippen LogP contribution in [-0.2, 0) is 4.79 Å². The molecule has 2 N–H and O–H groups in total. The summed E-state index contributed by atoms with van der Waals surface area (Å²) >= 11 is 0. The van der Waals surface area contributed by atoms with Gasteiger partial charge < -0.3 is 20.4 Å². The van der Waals surface area contributed by atoms with Crippen LogP contribution in [0.4, 0.5) is 0 Å². The second kappa shape index (κ2) is 6.50. The lowest BCUT2D eigenvalue weighted by molar-refractivity contribution is -0.123. The van der Waals surface area contributed by atoms with E-state index in [2.05, 4.69) is 34.5 Å². The molecule has 2 fully saturated rings. The van der Waals surface area contributed by atoms with Crippen molar-refractivity contribution in [1.82, 2.24) is 20.4 Å². The molecule has 0 spiro atoms. The molecule has 1 atom stereocenters. The molecule has 0 aromatic rings. The quantitative estimate of drug-likeness (QED) is 0.712. The first-order valence-corrected chi connectivity index (χ1v) is 7.04. The minimum atomic E-state index is 0.213. The van der Waals surface area contributed by atoms with Crippen LogP contribution in [0.25, 0.3) is 0 Å². The number of hydrogen-bond donors (Lipinski definition) is 2. The molecule has 0 aromatic carbocycles. The van der Waals surface area contributed by atoms with Gasteiger partial charge in [0.25, 0.3) is 0 Å². The maximum atomic E-state index is 12.0. The number of likely N-dealkylation sites (tertiary alicyclic amines) is 1. The van der Waals surface area contributed by atoms with Gasteiger partial charge in [0.05, 0.1) is 0 Å². The van der Waals surface area contributed by atoms with E-state index in [1.807, 2.05) is 0 Å². The van der Waals surface area contributed by atoms with Gasteiger partial charge in [-0.1, -0.05) is 0 Å². The molecule has 18 heavy (non-hydrogen) atoms. The summed E-state index contributed by atoms with van der Waals surface area (Å²) in [4.78, 5) is 16.6. The summed E-state index contributed by atoms with van der Waals surface area (Å²) < 4.78 is 0. The van der Waals surface area contributed by atoms with Gasteiger partial charge in [0.1, 0.15) is 0 Å². The normalized spacial score (nSPS) is 28.2. The van der Waals surface area contributed by atoms with E-state index in [9.17, 15) is 4.79 Å². The highest BCUT2D eigenvalue weighted by molar-refractivity contribution is 5.77. The molecule has 5 nitrogen and oxygen atoms in total. The van der Waals surface area contributed by atoms with Crippen molar-refractivity contribution >= 4 is 5.91 Å². The second-order valence-corrected chi connectivity index (χ2v) is 5.69.